The molecule has 0 fully saturated rings. The normalized spacial score (nSPS) is 11.4. The number of ether oxygens (including phenoxy) is 2. The highest BCUT2D eigenvalue weighted by molar-refractivity contribution is 7.91. The molecule has 0 saturated carbocycles. The molecule has 9 nitrogen and oxygen atoms in total. The summed E-state index contributed by atoms with van der Waals surface area (Å²) in [5.41, 5.74) is 0.936. The number of nitrogens with zero attached hydrogens (tertiary/aromatic N) is 3. The fourth-order valence-electron chi connectivity index (χ4n) is 2.10. The zero-order chi connectivity index (χ0) is 17.2. The average molecular weight is 350 g/mol. The first kappa shape index (κ1) is 16.0. The predicted molar refractivity (Wildman–Crippen MR) is 85.4 cm³/mol. The van der Waals surface area contributed by atoms with Crippen molar-refractivity contribution in [3.8, 4) is 11.9 Å². The lowest BCUT2D eigenvalue weighted by atomic mass is 10.2. The first-order valence-electron chi connectivity index (χ1n) is 6.81. The van der Waals surface area contributed by atoms with E-state index in [1.165, 1.54) is 20.4 Å². The number of hydrogen-bond acceptors (Lipinski definition) is 8. The molecule has 3 rings (SSSR count). The van der Waals surface area contributed by atoms with E-state index in [-0.39, 0.29) is 23.3 Å². The van der Waals surface area contributed by atoms with Crippen molar-refractivity contribution in [3.63, 3.8) is 0 Å². The van der Waals surface area contributed by atoms with Crippen LogP contribution in [0.4, 0.5) is 5.69 Å². The van der Waals surface area contributed by atoms with Gasteiger partial charge in [0.15, 0.2) is 5.58 Å². The van der Waals surface area contributed by atoms with E-state index < -0.39 is 10.0 Å². The summed E-state index contributed by atoms with van der Waals surface area (Å²) in [4.78, 5) is 7.79. The van der Waals surface area contributed by atoms with Crippen molar-refractivity contribution in [3.05, 3.63) is 36.2 Å². The van der Waals surface area contributed by atoms with Crippen molar-refractivity contribution < 1.29 is 22.4 Å². The number of sulfonamides is 1. The predicted octanol–water partition coefficient (Wildman–Crippen LogP) is 1.58. The quantitative estimate of drug-likeness (QED) is 0.712. The van der Waals surface area contributed by atoms with Gasteiger partial charge in [0.1, 0.15) is 17.1 Å². The molecular weight excluding hydrogens is 336 g/mol. The Kier molecular flexibility index (Phi) is 4.21. The number of aromatic nitrogens is 3. The van der Waals surface area contributed by atoms with Crippen LogP contribution in [0.15, 0.2) is 35.0 Å². The van der Waals surface area contributed by atoms with Gasteiger partial charge in [0.05, 0.1) is 20.4 Å². The molecule has 0 bridgehead atoms. The molecule has 0 saturated heterocycles. The topological polar surface area (TPSA) is 116 Å². The van der Waals surface area contributed by atoms with E-state index >= 15 is 0 Å². The molecule has 0 aliphatic carbocycles. The van der Waals surface area contributed by atoms with Crippen molar-refractivity contribution in [1.82, 2.24) is 15.1 Å². The van der Waals surface area contributed by atoms with Gasteiger partial charge in [-0.15, -0.1) is 0 Å². The second-order valence-electron chi connectivity index (χ2n) is 4.77. The highest BCUT2D eigenvalue weighted by Crippen LogP contribution is 2.25. The molecule has 10 heteroatoms. The summed E-state index contributed by atoms with van der Waals surface area (Å²) in [7, 11) is -1.01. The maximum atomic E-state index is 12.4. The molecule has 126 valence electrons. The fourth-order valence-corrected chi connectivity index (χ4v) is 3.22. The van der Waals surface area contributed by atoms with E-state index in [2.05, 4.69) is 19.8 Å². The van der Waals surface area contributed by atoms with E-state index in [1.807, 2.05) is 0 Å². The molecule has 0 amide bonds. The molecule has 0 atom stereocenters. The lowest BCUT2D eigenvalue weighted by Gasteiger charge is -2.10. The highest BCUT2D eigenvalue weighted by atomic mass is 32.2. The number of rotatable bonds is 6. The number of para-hydroxylation sites is 1. The summed E-state index contributed by atoms with van der Waals surface area (Å²) < 4.78 is 42.2. The summed E-state index contributed by atoms with van der Waals surface area (Å²) in [6.45, 7) is 0. The Morgan fingerprint density at radius 1 is 1.21 bits per heavy atom. The third kappa shape index (κ3) is 3.23. The molecule has 0 unspecified atom stereocenters. The monoisotopic (exact) mass is 350 g/mol. The summed E-state index contributed by atoms with van der Waals surface area (Å²) in [5.74, 6) is -0.311. The largest absolute Gasteiger partial charge is 0.479 e. The van der Waals surface area contributed by atoms with Crippen LogP contribution in [0, 0.1) is 0 Å². The van der Waals surface area contributed by atoms with Crippen LogP contribution in [0.2, 0.25) is 0 Å². The standard InChI is InChI=1S/C14H14N4O5S/c1-21-13-10(7-15-14(16-13)22-2)18-24(19,20)8-11-9-5-3-4-6-12(9)23-17-11/h3-7,18H,8H2,1-2H3. The Hall–Kier alpha value is -2.88. The minimum absolute atomic E-state index is 0.0513. The average Bonchev–Trinajstić information content (AvgIpc) is 2.97. The first-order chi connectivity index (χ1) is 11.5. The molecule has 3 aromatic rings. The Bertz CT molecular complexity index is 970. The molecule has 0 aliphatic rings. The van der Waals surface area contributed by atoms with Crippen LogP contribution < -0.4 is 14.2 Å². The minimum atomic E-state index is -3.77. The van der Waals surface area contributed by atoms with Gasteiger partial charge < -0.3 is 14.0 Å². The van der Waals surface area contributed by atoms with Gasteiger partial charge in [0.2, 0.25) is 15.9 Å². The lowest BCUT2D eigenvalue weighted by Crippen LogP contribution is -2.16. The van der Waals surface area contributed by atoms with Crippen LogP contribution in [0.3, 0.4) is 0 Å². The Balaban J connectivity index is 1.86. The molecule has 2 aromatic heterocycles. The van der Waals surface area contributed by atoms with E-state index in [1.54, 1.807) is 24.3 Å². The van der Waals surface area contributed by atoms with Gasteiger partial charge in [-0.1, -0.05) is 17.3 Å². The molecular formula is C14H14N4O5S. The second kappa shape index (κ2) is 6.32. The zero-order valence-corrected chi connectivity index (χ0v) is 13.7. The first-order valence-corrected chi connectivity index (χ1v) is 8.46. The molecule has 24 heavy (non-hydrogen) atoms. The molecule has 2 heterocycles. The van der Waals surface area contributed by atoms with Gasteiger partial charge in [0, 0.05) is 5.39 Å². The SMILES string of the molecule is COc1ncc(NS(=O)(=O)Cc2noc3ccccc23)c(OC)n1. The number of benzene rings is 1. The van der Waals surface area contributed by atoms with Gasteiger partial charge in [-0.25, -0.2) is 13.4 Å². The number of nitrogens with one attached hydrogen (secondary N) is 1. The Morgan fingerprint density at radius 2 is 2.00 bits per heavy atom. The van der Waals surface area contributed by atoms with Crippen LogP contribution in [0.5, 0.6) is 11.9 Å². The van der Waals surface area contributed by atoms with Gasteiger partial charge in [-0.2, -0.15) is 4.98 Å². The van der Waals surface area contributed by atoms with E-state index in [0.29, 0.717) is 16.7 Å². The maximum Gasteiger partial charge on any atom is 0.319 e. The fraction of sp³-hybridized carbons (Fsp3) is 0.214. The lowest BCUT2D eigenvalue weighted by molar-refractivity contribution is 0.353. The van der Waals surface area contributed by atoms with E-state index in [4.69, 9.17) is 14.0 Å². The summed E-state index contributed by atoms with van der Waals surface area (Å²) in [6, 6.07) is 7.09. The van der Waals surface area contributed by atoms with Gasteiger partial charge in [-0.05, 0) is 12.1 Å². The van der Waals surface area contributed by atoms with E-state index in [9.17, 15) is 8.42 Å². The van der Waals surface area contributed by atoms with Crippen molar-refractivity contribution in [2.75, 3.05) is 18.9 Å². The molecule has 0 spiro atoms. The van der Waals surface area contributed by atoms with Crippen molar-refractivity contribution in [2.45, 2.75) is 5.75 Å². The number of hydrogen-bond donors (Lipinski definition) is 1. The van der Waals surface area contributed by atoms with Crippen molar-refractivity contribution in [2.24, 2.45) is 0 Å². The minimum Gasteiger partial charge on any atom is -0.479 e. The van der Waals surface area contributed by atoms with E-state index in [0.717, 1.165) is 0 Å². The third-order valence-electron chi connectivity index (χ3n) is 3.15. The molecule has 1 aromatic carbocycles. The number of anilines is 1. The van der Waals surface area contributed by atoms with Crippen LogP contribution in [0.1, 0.15) is 5.69 Å². The molecule has 1 N–H and O–H groups in total. The van der Waals surface area contributed by atoms with Crippen molar-refractivity contribution >= 4 is 26.7 Å². The highest BCUT2D eigenvalue weighted by Gasteiger charge is 2.20. The molecule has 0 radical (unpaired) electrons. The Labute approximate surface area is 137 Å². The van der Waals surface area contributed by atoms with Crippen molar-refractivity contribution in [1.29, 1.82) is 0 Å². The second-order valence-corrected chi connectivity index (χ2v) is 6.49. The molecule has 0 aliphatic heterocycles. The zero-order valence-electron chi connectivity index (χ0n) is 12.9. The van der Waals surface area contributed by atoms with Gasteiger partial charge in [0.25, 0.3) is 0 Å². The van der Waals surface area contributed by atoms with Crippen LogP contribution in [-0.4, -0.2) is 37.8 Å². The van der Waals surface area contributed by atoms with Crippen LogP contribution in [-0.2, 0) is 15.8 Å². The smallest absolute Gasteiger partial charge is 0.319 e. The Morgan fingerprint density at radius 3 is 2.75 bits per heavy atom. The summed E-state index contributed by atoms with van der Waals surface area (Å²) in [6.07, 6.45) is 1.27. The third-order valence-corrected chi connectivity index (χ3v) is 4.34. The van der Waals surface area contributed by atoms with Crippen LogP contribution in [0.25, 0.3) is 11.0 Å². The summed E-state index contributed by atoms with van der Waals surface area (Å²) in [5, 5.41) is 4.46. The maximum absolute atomic E-state index is 12.4. The number of methoxy groups -OCH3 is 2. The van der Waals surface area contributed by atoms with Gasteiger partial charge in [-0.3, -0.25) is 4.72 Å². The van der Waals surface area contributed by atoms with Crippen LogP contribution >= 0.6 is 0 Å². The number of fused-ring (bicyclic) bond motifs is 1. The summed E-state index contributed by atoms with van der Waals surface area (Å²) >= 11 is 0. The van der Waals surface area contributed by atoms with Gasteiger partial charge >= 0.3 is 6.01 Å².